The first-order valence-electron chi connectivity index (χ1n) is 16.7. The lowest BCUT2D eigenvalue weighted by molar-refractivity contribution is -0.347. The number of anilines is 1. The van der Waals surface area contributed by atoms with Gasteiger partial charge < -0.3 is 74.8 Å². The van der Waals surface area contributed by atoms with Crippen molar-refractivity contribution >= 4 is 75.0 Å². The Morgan fingerprint density at radius 3 is 2.39 bits per heavy atom. The minimum absolute atomic E-state index is 0.0257. The molecule has 0 bridgehead atoms. The normalized spacial score (nSPS) is 21.4. The van der Waals surface area contributed by atoms with Crippen molar-refractivity contribution in [3.63, 3.8) is 0 Å². The highest BCUT2D eigenvalue weighted by molar-refractivity contribution is 8.13. The van der Waals surface area contributed by atoms with Crippen LogP contribution in [0, 0.1) is 10.8 Å². The third-order valence-electron chi connectivity index (χ3n) is 7.82. The molecule has 26 nitrogen and oxygen atoms in total. The van der Waals surface area contributed by atoms with Gasteiger partial charge in [-0.3, -0.25) is 33.5 Å². The molecule has 0 aromatic carbocycles. The van der Waals surface area contributed by atoms with E-state index in [1.807, 2.05) is 0 Å². The molecule has 322 valence electrons. The number of nitrogens with one attached hydrogen (secondary N) is 3. The Bertz CT molecular complexity index is 1880. The second-order valence-electron chi connectivity index (χ2n) is 12.9. The van der Waals surface area contributed by atoms with Crippen LogP contribution in [-0.4, -0.2) is 109 Å². The first-order valence-corrected chi connectivity index (χ1v) is 22.1. The number of phosphoric acid groups is 3. The summed E-state index contributed by atoms with van der Waals surface area (Å²) >= 11 is 1.03. The number of aromatic nitrogens is 4. The van der Waals surface area contributed by atoms with E-state index in [1.165, 1.54) is 13.8 Å². The second-order valence-corrected chi connectivity index (χ2v) is 18.2. The summed E-state index contributed by atoms with van der Waals surface area (Å²) in [6.45, 7) is 0.0190. The number of unbranched alkanes of at least 4 members (excludes halogenated alkanes) is 1. The number of amides is 2. The number of hydrogen-bond donors (Lipinski definition) is 7. The minimum atomic E-state index is -5.92. The van der Waals surface area contributed by atoms with Crippen molar-refractivity contribution in [2.24, 2.45) is 11.1 Å². The lowest BCUT2D eigenvalue weighted by atomic mass is 9.87. The van der Waals surface area contributed by atoms with Gasteiger partial charge in [-0.2, -0.15) is 0 Å². The Balaban J connectivity index is 1.46. The van der Waals surface area contributed by atoms with Crippen molar-refractivity contribution in [2.75, 3.05) is 37.8 Å². The number of carbonyl (C=O) groups is 3. The molecular formula is C27H42N9O17P3S-4. The largest absolute Gasteiger partial charge is 0.790 e. The molecule has 1 saturated heterocycles. The number of hydrogen-bond acceptors (Lipinski definition) is 23. The van der Waals surface area contributed by atoms with E-state index in [0.717, 1.165) is 29.0 Å². The topological polar surface area (TPSA) is 425 Å². The van der Waals surface area contributed by atoms with Crippen LogP contribution in [-0.2, 0) is 50.7 Å². The van der Waals surface area contributed by atoms with Crippen LogP contribution >= 0.6 is 35.2 Å². The number of nitrogens with two attached hydrogens (primary N) is 2. The number of thioether (sulfide) groups is 1. The van der Waals surface area contributed by atoms with Gasteiger partial charge in [-0.05, 0) is 12.8 Å². The summed E-state index contributed by atoms with van der Waals surface area (Å²) in [6.07, 6.45) is -5.73. The van der Waals surface area contributed by atoms with Gasteiger partial charge in [0.25, 0.3) is 15.6 Å². The number of nitrogen functional groups attached to an aromatic ring is 1. The van der Waals surface area contributed by atoms with E-state index in [0.29, 0.717) is 31.4 Å². The highest BCUT2D eigenvalue weighted by atomic mass is 32.2. The van der Waals surface area contributed by atoms with Crippen LogP contribution in [0.5, 0.6) is 0 Å². The average Bonchev–Trinajstić information content (AvgIpc) is 3.66. The Hall–Kier alpha value is -2.97. The molecule has 1 aliphatic heterocycles. The van der Waals surface area contributed by atoms with E-state index in [2.05, 4.69) is 43.5 Å². The molecule has 0 aliphatic carbocycles. The second kappa shape index (κ2) is 20.8. The van der Waals surface area contributed by atoms with Gasteiger partial charge in [0.1, 0.15) is 36.3 Å². The molecule has 2 aromatic heterocycles. The molecule has 0 spiro atoms. The Labute approximate surface area is 328 Å². The van der Waals surface area contributed by atoms with Gasteiger partial charge in [-0.1, -0.05) is 25.6 Å². The first-order chi connectivity index (χ1) is 26.4. The number of nitrogens with zero attached hydrogens (tertiary/aromatic N) is 4. The number of amidine groups is 1. The third-order valence-corrected chi connectivity index (χ3v) is 11.8. The summed E-state index contributed by atoms with van der Waals surface area (Å²) in [4.78, 5) is 95.9. The highest BCUT2D eigenvalue weighted by Crippen LogP contribution is 2.56. The van der Waals surface area contributed by atoms with Crippen LogP contribution in [0.3, 0.4) is 0 Å². The SMILES string of the molecule is CC(C)(COP(=O)([O-])OP(=O)([O-])OCC1OC(n2cnc3c(N)ncnc32)C(O)C1OP(=O)([O-])[O-])C(O)C(=O)NCCC(=O)NCCSC(=O)CCCCC(=N)N. The lowest BCUT2D eigenvalue weighted by Gasteiger charge is -2.36. The zero-order valence-electron chi connectivity index (χ0n) is 30.3. The van der Waals surface area contributed by atoms with E-state index in [4.69, 9.17) is 21.6 Å². The number of aliphatic hydroxyl groups excluding tert-OH is 2. The molecule has 0 radical (unpaired) electrons. The maximum atomic E-state index is 12.5. The number of aliphatic hydroxyl groups is 2. The number of rotatable bonds is 24. The Kier molecular flexibility index (Phi) is 17.7. The van der Waals surface area contributed by atoms with Crippen molar-refractivity contribution < 1.29 is 80.5 Å². The maximum absolute atomic E-state index is 12.5. The predicted octanol–water partition coefficient (Wildman–Crippen LogP) is -3.37. The van der Waals surface area contributed by atoms with Crippen LogP contribution in [0.1, 0.15) is 52.2 Å². The van der Waals surface area contributed by atoms with Gasteiger partial charge in [0.05, 0.1) is 33.2 Å². The molecule has 0 saturated carbocycles. The van der Waals surface area contributed by atoms with Crippen molar-refractivity contribution in [3.8, 4) is 0 Å². The van der Waals surface area contributed by atoms with Crippen LogP contribution in [0.2, 0.25) is 0 Å². The van der Waals surface area contributed by atoms with E-state index < -0.39 is 84.6 Å². The maximum Gasteiger partial charge on any atom is 0.274 e. The predicted molar refractivity (Wildman–Crippen MR) is 189 cm³/mol. The molecule has 7 unspecified atom stereocenters. The summed E-state index contributed by atoms with van der Waals surface area (Å²) in [7, 11) is -17.6. The number of fused-ring (bicyclic) bond motifs is 1. The van der Waals surface area contributed by atoms with Gasteiger partial charge in [0.2, 0.25) is 11.8 Å². The van der Waals surface area contributed by atoms with Gasteiger partial charge in [-0.15, -0.1) is 0 Å². The standard InChI is InChI=1S/C27H46N9O17P3S/c1-27(2,22(40)25(41)32-8-7-17(37)31-9-10-57-18(38)6-4-3-5-16(28)29)12-50-56(47,48)53-55(45,46)49-11-15-21(52-54(42,43)44)20(39)26(51-15)36-14-35-19-23(30)33-13-34-24(19)36/h13-15,20-22,26,39-40H,3-12H2,1-2H3,(H3,28,29)(H,31,37)(H,32,41)(H,45,46)(H,47,48)(H2,30,33,34)(H2,42,43,44)/p-4. The molecule has 30 heteroatoms. The summed E-state index contributed by atoms with van der Waals surface area (Å²) < 4.78 is 60.4. The van der Waals surface area contributed by atoms with E-state index in [9.17, 15) is 57.9 Å². The number of carbonyl (C=O) groups excluding carboxylic acids is 3. The first kappa shape index (κ1) is 48.4. The van der Waals surface area contributed by atoms with Crippen LogP contribution in [0.4, 0.5) is 5.82 Å². The molecule has 1 aliphatic rings. The van der Waals surface area contributed by atoms with E-state index in [1.54, 1.807) is 0 Å². The van der Waals surface area contributed by atoms with Gasteiger partial charge >= 0.3 is 0 Å². The van der Waals surface area contributed by atoms with Gasteiger partial charge in [0, 0.05) is 43.5 Å². The molecule has 3 rings (SSSR count). The summed E-state index contributed by atoms with van der Waals surface area (Å²) in [5, 5.41) is 33.2. The van der Waals surface area contributed by atoms with Crippen LogP contribution < -0.4 is 41.7 Å². The van der Waals surface area contributed by atoms with E-state index >= 15 is 0 Å². The zero-order chi connectivity index (χ0) is 42.8. The molecule has 2 amide bonds. The molecule has 2 aromatic rings. The molecular weight excluding hydrogens is 847 g/mol. The average molecular weight is 890 g/mol. The number of imidazole rings is 1. The van der Waals surface area contributed by atoms with Crippen molar-refractivity contribution in [2.45, 2.75) is 76.6 Å². The smallest absolute Gasteiger partial charge is 0.274 e. The highest BCUT2D eigenvalue weighted by Gasteiger charge is 2.47. The number of ether oxygens (including phenoxy) is 1. The van der Waals surface area contributed by atoms with Crippen molar-refractivity contribution in [1.29, 1.82) is 5.41 Å². The monoisotopic (exact) mass is 889 g/mol. The molecule has 3 heterocycles. The minimum Gasteiger partial charge on any atom is -0.790 e. The quantitative estimate of drug-likeness (QED) is 0.0234. The van der Waals surface area contributed by atoms with Crippen molar-refractivity contribution in [3.05, 3.63) is 12.7 Å². The molecule has 7 atom stereocenters. The third kappa shape index (κ3) is 15.6. The van der Waals surface area contributed by atoms with Gasteiger partial charge in [0.15, 0.2) is 22.8 Å². The Morgan fingerprint density at radius 2 is 1.72 bits per heavy atom. The number of phosphoric ester groups is 3. The molecule has 9 N–H and O–H groups in total. The molecule has 57 heavy (non-hydrogen) atoms. The summed E-state index contributed by atoms with van der Waals surface area (Å²) in [5.74, 6) is -1.23. The molecule has 1 fully saturated rings. The van der Waals surface area contributed by atoms with Crippen LogP contribution in [0.25, 0.3) is 11.2 Å². The summed E-state index contributed by atoms with van der Waals surface area (Å²) in [5.41, 5.74) is 9.31. The summed E-state index contributed by atoms with van der Waals surface area (Å²) in [6, 6.07) is 0. The van der Waals surface area contributed by atoms with E-state index in [-0.39, 0.29) is 47.4 Å². The fourth-order valence-corrected chi connectivity index (χ4v) is 8.39. The Morgan fingerprint density at radius 1 is 1.05 bits per heavy atom. The fraction of sp³-hybridized carbons (Fsp3) is 0.667. The lowest BCUT2D eigenvalue weighted by Crippen LogP contribution is -2.46. The van der Waals surface area contributed by atoms with Crippen molar-refractivity contribution in [1.82, 2.24) is 30.2 Å². The fourth-order valence-electron chi connectivity index (χ4n) is 4.93. The zero-order valence-corrected chi connectivity index (χ0v) is 33.8. The van der Waals surface area contributed by atoms with Gasteiger partial charge in [-0.25, -0.2) is 19.3 Å². The van der Waals surface area contributed by atoms with Crippen LogP contribution in [0.15, 0.2) is 12.7 Å².